The van der Waals surface area contributed by atoms with Crippen LogP contribution in [0.5, 0.6) is 11.5 Å². The van der Waals surface area contributed by atoms with Gasteiger partial charge >= 0.3 is 0 Å². The van der Waals surface area contributed by atoms with Crippen LogP contribution in [0.15, 0.2) is 36.4 Å². The van der Waals surface area contributed by atoms with E-state index in [4.69, 9.17) is 29.2 Å². The van der Waals surface area contributed by atoms with Crippen LogP contribution >= 0.6 is 0 Å². The standard InChI is InChI=1S/C34H42O6/c1-37-25-39-33-19-17-27-24-32-28(23-31(27)29(33)15-11-7-3-5-9-13-21-35)18-20-34(40-26-38-2)30(32)16-12-8-4-6-10-14-22-36/h17-20,23-24,35-36H,3-10,13-14,21-22,25-26H2,1-2H3. The van der Waals surface area contributed by atoms with E-state index in [0.717, 1.165) is 96.9 Å². The molecule has 6 nitrogen and oxygen atoms in total. The maximum Gasteiger partial charge on any atom is 0.188 e. The number of rotatable bonds is 16. The summed E-state index contributed by atoms with van der Waals surface area (Å²) in [5, 5.41) is 22.1. The Balaban J connectivity index is 1.99. The highest BCUT2D eigenvalue weighted by Crippen LogP contribution is 2.35. The average Bonchev–Trinajstić information content (AvgIpc) is 2.97. The third-order valence-electron chi connectivity index (χ3n) is 6.59. The van der Waals surface area contributed by atoms with Crippen molar-refractivity contribution in [3.63, 3.8) is 0 Å². The predicted octanol–water partition coefficient (Wildman–Crippen LogP) is 6.55. The van der Waals surface area contributed by atoms with Crippen LogP contribution in [0.4, 0.5) is 0 Å². The fourth-order valence-electron chi connectivity index (χ4n) is 4.51. The third kappa shape index (κ3) is 9.44. The summed E-state index contributed by atoms with van der Waals surface area (Å²) in [7, 11) is 3.21. The first-order valence-corrected chi connectivity index (χ1v) is 14.2. The normalized spacial score (nSPS) is 10.7. The van der Waals surface area contributed by atoms with Gasteiger partial charge in [0.1, 0.15) is 11.5 Å². The van der Waals surface area contributed by atoms with E-state index >= 15 is 0 Å². The summed E-state index contributed by atoms with van der Waals surface area (Å²) < 4.78 is 22.1. The molecule has 0 aliphatic carbocycles. The van der Waals surface area contributed by atoms with Gasteiger partial charge in [0.2, 0.25) is 0 Å². The van der Waals surface area contributed by atoms with E-state index in [-0.39, 0.29) is 26.8 Å². The zero-order valence-corrected chi connectivity index (χ0v) is 23.9. The van der Waals surface area contributed by atoms with Crippen LogP contribution in [0.3, 0.4) is 0 Å². The van der Waals surface area contributed by atoms with Crippen molar-refractivity contribution in [3.05, 3.63) is 47.5 Å². The van der Waals surface area contributed by atoms with Crippen LogP contribution < -0.4 is 9.47 Å². The lowest BCUT2D eigenvalue weighted by Crippen LogP contribution is -2.02. The molecule has 3 rings (SSSR count). The van der Waals surface area contributed by atoms with Crippen molar-refractivity contribution >= 4 is 21.5 Å². The van der Waals surface area contributed by atoms with Crippen molar-refractivity contribution in [2.24, 2.45) is 0 Å². The van der Waals surface area contributed by atoms with Crippen molar-refractivity contribution in [2.75, 3.05) is 41.0 Å². The highest BCUT2D eigenvalue weighted by atomic mass is 16.7. The lowest BCUT2D eigenvalue weighted by molar-refractivity contribution is 0.0508. The second-order valence-corrected chi connectivity index (χ2v) is 9.65. The van der Waals surface area contributed by atoms with E-state index in [2.05, 4.69) is 35.8 Å². The SMILES string of the molecule is COCOc1ccc2cc3c(C#CCCCCCCO)c(OCOC)ccc3cc2c1C#CCCCCCCO. The predicted molar refractivity (Wildman–Crippen MR) is 161 cm³/mol. The Morgan fingerprint density at radius 1 is 0.575 bits per heavy atom. The molecule has 0 aromatic heterocycles. The van der Waals surface area contributed by atoms with Gasteiger partial charge in [0.05, 0.1) is 11.1 Å². The maximum absolute atomic E-state index is 8.98. The maximum atomic E-state index is 8.98. The highest BCUT2D eigenvalue weighted by Gasteiger charge is 2.13. The first-order chi connectivity index (χ1) is 19.7. The minimum atomic E-state index is 0.148. The van der Waals surface area contributed by atoms with Gasteiger partial charge in [0.25, 0.3) is 0 Å². The van der Waals surface area contributed by atoms with Crippen LogP contribution in [0, 0.1) is 23.7 Å². The zero-order valence-electron chi connectivity index (χ0n) is 23.9. The van der Waals surface area contributed by atoms with Gasteiger partial charge in [-0.05, 0) is 60.7 Å². The Kier molecular flexibility index (Phi) is 14.2. The van der Waals surface area contributed by atoms with E-state index < -0.39 is 0 Å². The summed E-state index contributed by atoms with van der Waals surface area (Å²) in [6, 6.07) is 12.3. The summed E-state index contributed by atoms with van der Waals surface area (Å²) in [6.07, 6.45) is 9.42. The summed E-state index contributed by atoms with van der Waals surface area (Å²) in [6.45, 7) is 0.785. The van der Waals surface area contributed by atoms with Gasteiger partial charge in [-0.3, -0.25) is 0 Å². The van der Waals surface area contributed by atoms with Crippen molar-refractivity contribution < 1.29 is 29.2 Å². The van der Waals surface area contributed by atoms with E-state index in [9.17, 15) is 0 Å². The lowest BCUT2D eigenvalue weighted by atomic mass is 9.96. The molecule has 0 spiro atoms. The van der Waals surface area contributed by atoms with E-state index in [0.29, 0.717) is 11.5 Å². The van der Waals surface area contributed by atoms with Crippen molar-refractivity contribution in [2.45, 2.75) is 64.2 Å². The number of fused-ring (bicyclic) bond motifs is 2. The monoisotopic (exact) mass is 546 g/mol. The summed E-state index contributed by atoms with van der Waals surface area (Å²) in [4.78, 5) is 0. The number of aliphatic hydroxyl groups is 2. The molecule has 0 radical (unpaired) electrons. The molecule has 0 saturated carbocycles. The smallest absolute Gasteiger partial charge is 0.188 e. The molecule has 0 bridgehead atoms. The van der Waals surface area contributed by atoms with Crippen LogP contribution in [0.25, 0.3) is 21.5 Å². The molecule has 3 aromatic carbocycles. The molecule has 40 heavy (non-hydrogen) atoms. The molecule has 0 aliphatic heterocycles. The third-order valence-corrected chi connectivity index (χ3v) is 6.59. The molecule has 0 amide bonds. The van der Waals surface area contributed by atoms with Gasteiger partial charge in [-0.15, -0.1) is 0 Å². The van der Waals surface area contributed by atoms with Gasteiger partial charge in [0, 0.05) is 51.0 Å². The van der Waals surface area contributed by atoms with E-state index in [1.807, 2.05) is 24.3 Å². The zero-order chi connectivity index (χ0) is 28.4. The Morgan fingerprint density at radius 2 is 1.00 bits per heavy atom. The first-order valence-electron chi connectivity index (χ1n) is 14.2. The number of aliphatic hydroxyl groups excluding tert-OH is 2. The number of benzene rings is 3. The van der Waals surface area contributed by atoms with Crippen LogP contribution in [-0.4, -0.2) is 51.2 Å². The van der Waals surface area contributed by atoms with E-state index in [1.54, 1.807) is 14.2 Å². The summed E-state index contributed by atoms with van der Waals surface area (Å²) in [5.41, 5.74) is 1.70. The number of unbranched alkanes of at least 4 members (excludes halogenated alkanes) is 8. The van der Waals surface area contributed by atoms with Crippen molar-refractivity contribution in [1.29, 1.82) is 0 Å². The molecule has 0 heterocycles. The molecule has 6 heteroatoms. The minimum Gasteiger partial charge on any atom is -0.466 e. The summed E-state index contributed by atoms with van der Waals surface area (Å²) in [5.74, 6) is 14.8. The van der Waals surface area contributed by atoms with Crippen LogP contribution in [-0.2, 0) is 9.47 Å². The molecule has 0 atom stereocenters. The van der Waals surface area contributed by atoms with Crippen LogP contribution in [0.1, 0.15) is 75.3 Å². The molecular weight excluding hydrogens is 504 g/mol. The number of ether oxygens (including phenoxy) is 4. The number of hydrogen-bond acceptors (Lipinski definition) is 6. The molecule has 2 N–H and O–H groups in total. The molecule has 0 fully saturated rings. The summed E-state index contributed by atoms with van der Waals surface area (Å²) >= 11 is 0. The van der Waals surface area contributed by atoms with Gasteiger partial charge in [-0.2, -0.15) is 0 Å². The van der Waals surface area contributed by atoms with Crippen molar-refractivity contribution in [1.82, 2.24) is 0 Å². The fraction of sp³-hybridized carbons (Fsp3) is 0.471. The number of hydrogen-bond donors (Lipinski definition) is 2. The largest absolute Gasteiger partial charge is 0.466 e. The average molecular weight is 547 g/mol. The Morgan fingerprint density at radius 3 is 1.40 bits per heavy atom. The first kappa shape index (κ1) is 31.3. The topological polar surface area (TPSA) is 77.4 Å². The van der Waals surface area contributed by atoms with Gasteiger partial charge in [-0.1, -0.05) is 61.5 Å². The molecule has 214 valence electrons. The van der Waals surface area contributed by atoms with Gasteiger partial charge in [-0.25, -0.2) is 0 Å². The second-order valence-electron chi connectivity index (χ2n) is 9.65. The van der Waals surface area contributed by atoms with Gasteiger partial charge in [0.15, 0.2) is 13.6 Å². The molecular formula is C34H42O6. The fourth-order valence-corrected chi connectivity index (χ4v) is 4.51. The van der Waals surface area contributed by atoms with Crippen molar-refractivity contribution in [3.8, 4) is 35.2 Å². The minimum absolute atomic E-state index is 0.148. The lowest BCUT2D eigenvalue weighted by Gasteiger charge is -2.13. The van der Waals surface area contributed by atoms with Crippen LogP contribution in [0.2, 0.25) is 0 Å². The van der Waals surface area contributed by atoms with Gasteiger partial charge < -0.3 is 29.2 Å². The highest BCUT2D eigenvalue weighted by molar-refractivity contribution is 6.04. The molecule has 3 aromatic rings. The Bertz CT molecular complexity index is 1220. The number of methoxy groups -OCH3 is 2. The molecule has 0 aliphatic rings. The second kappa shape index (κ2) is 18.2. The Labute approximate surface area is 238 Å². The molecule has 0 unspecified atom stereocenters. The molecule has 0 saturated heterocycles. The van der Waals surface area contributed by atoms with E-state index in [1.165, 1.54) is 0 Å². The Hall–Kier alpha value is -3.26. The quantitative estimate of drug-likeness (QED) is 0.0919.